The summed E-state index contributed by atoms with van der Waals surface area (Å²) in [6, 6.07) is 11.5. The zero-order chi connectivity index (χ0) is 24.5. The molecule has 172 valence electrons. The van der Waals surface area contributed by atoms with E-state index in [2.05, 4.69) is 10.3 Å². The van der Waals surface area contributed by atoms with Gasteiger partial charge in [0, 0.05) is 41.0 Å². The number of hydrogen-bond acceptors (Lipinski definition) is 4. The number of nitrogens with one attached hydrogen (secondary N) is 2. The van der Waals surface area contributed by atoms with E-state index in [1.54, 1.807) is 22.7 Å². The van der Waals surface area contributed by atoms with Crippen LogP contribution in [0, 0.1) is 11.2 Å². The van der Waals surface area contributed by atoms with Crippen molar-refractivity contribution < 1.29 is 22.4 Å². The second-order valence-electron chi connectivity index (χ2n) is 7.28. The van der Waals surface area contributed by atoms with Crippen molar-refractivity contribution in [3.63, 3.8) is 0 Å². The number of allylic oxidation sites excluding steroid dienone is 1. The standard InChI is InChI=1S/C24H17F4N5O/c25-20-8-14(21-12-31-22-7-5-15(13-33(21)22)16(10-29)11-30)4-6-19(20)23(34)32-18-3-1-2-17(9-18)24(26,27)28/h1-13,29H,30H2,(H,32,34)/b16-11+,29-10?. The van der Waals surface area contributed by atoms with Crippen molar-refractivity contribution in [1.29, 1.82) is 5.41 Å². The summed E-state index contributed by atoms with van der Waals surface area (Å²) in [5.74, 6) is -1.73. The number of halogens is 4. The van der Waals surface area contributed by atoms with E-state index in [0.717, 1.165) is 30.5 Å². The molecule has 0 saturated heterocycles. The third-order valence-corrected chi connectivity index (χ3v) is 5.13. The van der Waals surface area contributed by atoms with Gasteiger partial charge in [0.05, 0.1) is 23.0 Å². The van der Waals surface area contributed by atoms with Crippen LogP contribution in [0.1, 0.15) is 21.5 Å². The van der Waals surface area contributed by atoms with Gasteiger partial charge < -0.3 is 16.5 Å². The molecule has 2 heterocycles. The van der Waals surface area contributed by atoms with Gasteiger partial charge in [0.15, 0.2) is 0 Å². The lowest BCUT2D eigenvalue weighted by molar-refractivity contribution is -0.137. The number of imidazole rings is 1. The lowest BCUT2D eigenvalue weighted by Gasteiger charge is -2.11. The highest BCUT2D eigenvalue weighted by molar-refractivity contribution is 6.08. The van der Waals surface area contributed by atoms with Crippen molar-refractivity contribution in [2.24, 2.45) is 5.73 Å². The Bertz CT molecular complexity index is 1440. The number of alkyl halides is 3. The molecule has 34 heavy (non-hydrogen) atoms. The van der Waals surface area contributed by atoms with Crippen LogP contribution in [0.25, 0.3) is 22.5 Å². The molecule has 10 heteroatoms. The maximum atomic E-state index is 14.9. The van der Waals surface area contributed by atoms with Crippen LogP contribution in [-0.4, -0.2) is 21.5 Å². The van der Waals surface area contributed by atoms with E-state index in [9.17, 15) is 22.4 Å². The predicted octanol–water partition coefficient (Wildman–Crippen LogP) is 5.36. The highest BCUT2D eigenvalue weighted by Gasteiger charge is 2.30. The second kappa shape index (κ2) is 8.81. The third-order valence-electron chi connectivity index (χ3n) is 5.13. The molecule has 2 aromatic carbocycles. The minimum Gasteiger partial charge on any atom is -0.404 e. The molecule has 0 atom stereocenters. The van der Waals surface area contributed by atoms with Gasteiger partial charge >= 0.3 is 6.18 Å². The zero-order valence-corrected chi connectivity index (χ0v) is 17.4. The lowest BCUT2D eigenvalue weighted by atomic mass is 10.1. The van der Waals surface area contributed by atoms with E-state index in [-0.39, 0.29) is 11.3 Å². The van der Waals surface area contributed by atoms with E-state index >= 15 is 0 Å². The quantitative estimate of drug-likeness (QED) is 0.272. The zero-order valence-electron chi connectivity index (χ0n) is 17.4. The van der Waals surface area contributed by atoms with E-state index in [1.165, 1.54) is 30.6 Å². The van der Waals surface area contributed by atoms with E-state index in [4.69, 9.17) is 11.1 Å². The van der Waals surface area contributed by atoms with Gasteiger partial charge in [-0.2, -0.15) is 13.2 Å². The predicted molar refractivity (Wildman–Crippen MR) is 121 cm³/mol. The van der Waals surface area contributed by atoms with Gasteiger partial charge in [-0.3, -0.25) is 9.20 Å². The molecule has 1 amide bonds. The number of rotatable bonds is 5. The first-order chi connectivity index (χ1) is 16.2. The Balaban J connectivity index is 1.64. The fourth-order valence-corrected chi connectivity index (χ4v) is 3.42. The number of carbonyl (C=O) groups excluding carboxylic acids is 1. The summed E-state index contributed by atoms with van der Waals surface area (Å²) < 4.78 is 55.2. The Kier molecular flexibility index (Phi) is 5.89. The molecule has 0 aliphatic rings. The fraction of sp³-hybridized carbons (Fsp3) is 0.0417. The second-order valence-corrected chi connectivity index (χ2v) is 7.28. The monoisotopic (exact) mass is 467 g/mol. The molecule has 0 bridgehead atoms. The molecule has 0 aliphatic carbocycles. The minimum atomic E-state index is -4.57. The third kappa shape index (κ3) is 4.38. The molecule has 4 aromatic rings. The summed E-state index contributed by atoms with van der Waals surface area (Å²) in [4.78, 5) is 16.8. The SMILES string of the molecule is N=C/C(=C\N)c1ccc2ncc(-c3ccc(C(=O)Nc4cccc(C(F)(F)F)c4)c(F)c3)n2c1. The van der Waals surface area contributed by atoms with Crippen LogP contribution in [-0.2, 0) is 6.18 Å². The normalized spacial score (nSPS) is 12.1. The summed E-state index contributed by atoms with van der Waals surface area (Å²) >= 11 is 0. The first-order valence-electron chi connectivity index (χ1n) is 9.89. The Morgan fingerprint density at radius 2 is 1.91 bits per heavy atom. The molecule has 0 spiro atoms. The van der Waals surface area contributed by atoms with Gasteiger partial charge in [0.1, 0.15) is 11.5 Å². The molecule has 2 aromatic heterocycles. The number of carbonyl (C=O) groups is 1. The summed E-state index contributed by atoms with van der Waals surface area (Å²) in [5.41, 5.74) is 6.86. The topological polar surface area (TPSA) is 96.3 Å². The molecule has 0 aliphatic heterocycles. The number of pyridine rings is 1. The molecule has 0 fully saturated rings. The van der Waals surface area contributed by atoms with Crippen LogP contribution in [0.4, 0.5) is 23.2 Å². The van der Waals surface area contributed by atoms with Crippen LogP contribution < -0.4 is 11.1 Å². The number of hydrogen-bond donors (Lipinski definition) is 3. The fourth-order valence-electron chi connectivity index (χ4n) is 3.42. The van der Waals surface area contributed by atoms with Crippen molar-refractivity contribution in [2.75, 3.05) is 5.32 Å². The van der Waals surface area contributed by atoms with Crippen LogP contribution in [0.5, 0.6) is 0 Å². The van der Waals surface area contributed by atoms with Crippen molar-refractivity contribution in [3.05, 3.63) is 95.7 Å². The molecule has 6 nitrogen and oxygen atoms in total. The summed E-state index contributed by atoms with van der Waals surface area (Å²) in [6.07, 6.45) is 1.07. The Hall–Kier alpha value is -4.47. The largest absolute Gasteiger partial charge is 0.416 e. The minimum absolute atomic E-state index is 0.104. The highest BCUT2D eigenvalue weighted by Crippen LogP contribution is 2.31. The Labute approximate surface area is 190 Å². The van der Waals surface area contributed by atoms with E-state index < -0.39 is 23.5 Å². The number of amides is 1. The molecule has 4 rings (SSSR count). The van der Waals surface area contributed by atoms with E-state index in [0.29, 0.717) is 28.0 Å². The van der Waals surface area contributed by atoms with Crippen molar-refractivity contribution in [3.8, 4) is 11.3 Å². The van der Waals surface area contributed by atoms with Gasteiger partial charge in [-0.25, -0.2) is 9.37 Å². The maximum absolute atomic E-state index is 14.9. The van der Waals surface area contributed by atoms with Crippen LogP contribution in [0.3, 0.4) is 0 Å². The van der Waals surface area contributed by atoms with Gasteiger partial charge in [0.2, 0.25) is 0 Å². The van der Waals surface area contributed by atoms with Crippen LogP contribution in [0.15, 0.2) is 73.2 Å². The van der Waals surface area contributed by atoms with E-state index in [1.807, 2.05) is 0 Å². The maximum Gasteiger partial charge on any atom is 0.416 e. The molecular formula is C24H17F4N5O. The number of nitrogens with zero attached hydrogens (tertiary/aromatic N) is 2. The molecule has 0 unspecified atom stereocenters. The summed E-state index contributed by atoms with van der Waals surface area (Å²) in [7, 11) is 0. The number of fused-ring (bicyclic) bond motifs is 1. The molecule has 0 radical (unpaired) electrons. The molecule has 4 N–H and O–H groups in total. The highest BCUT2D eigenvalue weighted by atomic mass is 19.4. The van der Waals surface area contributed by atoms with Gasteiger partial charge in [-0.05, 0) is 42.5 Å². The summed E-state index contributed by atoms with van der Waals surface area (Å²) in [6.45, 7) is 0. The van der Waals surface area contributed by atoms with Crippen molar-refractivity contribution in [2.45, 2.75) is 6.18 Å². The number of anilines is 1. The van der Waals surface area contributed by atoms with Crippen LogP contribution >= 0.6 is 0 Å². The summed E-state index contributed by atoms with van der Waals surface area (Å²) in [5, 5.41) is 9.75. The number of benzene rings is 2. The molecular weight excluding hydrogens is 450 g/mol. The van der Waals surface area contributed by atoms with Gasteiger partial charge in [0.25, 0.3) is 5.91 Å². The average Bonchev–Trinajstić information content (AvgIpc) is 3.23. The lowest BCUT2D eigenvalue weighted by Crippen LogP contribution is -2.14. The van der Waals surface area contributed by atoms with Crippen molar-refractivity contribution in [1.82, 2.24) is 9.38 Å². The number of nitrogens with two attached hydrogens (primary N) is 1. The van der Waals surface area contributed by atoms with Gasteiger partial charge in [-0.1, -0.05) is 12.1 Å². The number of aromatic nitrogens is 2. The molecule has 0 saturated carbocycles. The van der Waals surface area contributed by atoms with Crippen molar-refractivity contribution >= 4 is 29.0 Å². The Morgan fingerprint density at radius 1 is 1.12 bits per heavy atom. The Morgan fingerprint density at radius 3 is 2.59 bits per heavy atom. The van der Waals surface area contributed by atoms with Crippen LogP contribution in [0.2, 0.25) is 0 Å². The smallest absolute Gasteiger partial charge is 0.404 e. The first kappa shape index (κ1) is 22.7. The average molecular weight is 467 g/mol. The van der Waals surface area contributed by atoms with Gasteiger partial charge in [-0.15, -0.1) is 0 Å². The first-order valence-corrected chi connectivity index (χ1v) is 9.89.